The van der Waals surface area contributed by atoms with Gasteiger partial charge in [0.1, 0.15) is 5.82 Å². The minimum atomic E-state index is -0.403. The molecule has 1 aliphatic carbocycles. The van der Waals surface area contributed by atoms with Crippen LogP contribution in [0.3, 0.4) is 0 Å². The number of hydrogen-bond donors (Lipinski definition) is 1. The monoisotopic (exact) mass is 261 g/mol. The third-order valence-electron chi connectivity index (χ3n) is 2.86. The van der Waals surface area contributed by atoms with Crippen molar-refractivity contribution in [3.8, 4) is 0 Å². The van der Waals surface area contributed by atoms with E-state index < -0.39 is 5.82 Å². The highest BCUT2D eigenvalue weighted by Gasteiger charge is 2.22. The highest BCUT2D eigenvalue weighted by molar-refractivity contribution is 6.35. The summed E-state index contributed by atoms with van der Waals surface area (Å²) >= 11 is 11.7. The Morgan fingerprint density at radius 1 is 1.38 bits per heavy atom. The van der Waals surface area contributed by atoms with E-state index in [2.05, 4.69) is 5.32 Å². The van der Waals surface area contributed by atoms with Gasteiger partial charge in [0, 0.05) is 17.6 Å². The molecule has 0 saturated heterocycles. The van der Waals surface area contributed by atoms with Gasteiger partial charge in [-0.3, -0.25) is 0 Å². The van der Waals surface area contributed by atoms with Gasteiger partial charge < -0.3 is 5.32 Å². The molecular formula is C12H14Cl2FN. The lowest BCUT2D eigenvalue weighted by Crippen LogP contribution is -2.22. The standard InChI is InChI=1S/C12H14Cl2FN/c1-7(6-16-8-2-3-8)9-4-12(15)11(14)5-10(9)13/h4-5,7-8,16H,2-3,6H2,1H3. The molecule has 1 unspecified atom stereocenters. The van der Waals surface area contributed by atoms with Crippen LogP contribution in [0.25, 0.3) is 0 Å². The molecule has 2 rings (SSSR count). The van der Waals surface area contributed by atoms with Gasteiger partial charge in [-0.1, -0.05) is 30.1 Å². The summed E-state index contributed by atoms with van der Waals surface area (Å²) in [6.07, 6.45) is 2.49. The predicted molar refractivity (Wildman–Crippen MR) is 65.9 cm³/mol. The van der Waals surface area contributed by atoms with Crippen LogP contribution in [0.2, 0.25) is 10.0 Å². The molecule has 1 nitrogen and oxygen atoms in total. The van der Waals surface area contributed by atoms with Crippen molar-refractivity contribution in [2.45, 2.75) is 31.7 Å². The molecule has 0 spiro atoms. The lowest BCUT2D eigenvalue weighted by molar-refractivity contribution is 0.597. The number of rotatable bonds is 4. The summed E-state index contributed by atoms with van der Waals surface area (Å²) in [7, 11) is 0. The molecule has 4 heteroatoms. The summed E-state index contributed by atoms with van der Waals surface area (Å²) in [6, 6.07) is 3.56. The van der Waals surface area contributed by atoms with Crippen molar-refractivity contribution in [2.24, 2.45) is 0 Å². The first-order chi connectivity index (χ1) is 7.58. The molecule has 0 aromatic heterocycles. The molecule has 1 aromatic rings. The Balaban J connectivity index is 2.08. The first kappa shape index (κ1) is 12.2. The Morgan fingerprint density at radius 3 is 2.69 bits per heavy atom. The van der Waals surface area contributed by atoms with E-state index in [0.29, 0.717) is 11.1 Å². The van der Waals surface area contributed by atoms with Gasteiger partial charge in [-0.05, 0) is 36.5 Å². The second-order valence-corrected chi connectivity index (χ2v) is 5.19. The van der Waals surface area contributed by atoms with Crippen LogP contribution in [-0.2, 0) is 0 Å². The second kappa shape index (κ2) is 4.91. The normalized spacial score (nSPS) is 17.5. The van der Waals surface area contributed by atoms with Crippen molar-refractivity contribution >= 4 is 23.2 Å². The Labute approximate surface area is 105 Å². The molecule has 16 heavy (non-hydrogen) atoms. The Hall–Kier alpha value is -0.310. The summed E-state index contributed by atoms with van der Waals surface area (Å²) in [5.74, 6) is -0.209. The maximum Gasteiger partial charge on any atom is 0.142 e. The van der Waals surface area contributed by atoms with Crippen LogP contribution < -0.4 is 5.32 Å². The van der Waals surface area contributed by atoms with Crippen LogP contribution in [0.5, 0.6) is 0 Å². The molecule has 1 saturated carbocycles. The van der Waals surface area contributed by atoms with Gasteiger partial charge in [-0.2, -0.15) is 0 Å². The van der Waals surface area contributed by atoms with Gasteiger partial charge in [-0.25, -0.2) is 4.39 Å². The molecule has 1 fully saturated rings. The van der Waals surface area contributed by atoms with Gasteiger partial charge in [-0.15, -0.1) is 0 Å². The van der Waals surface area contributed by atoms with Gasteiger partial charge in [0.15, 0.2) is 0 Å². The smallest absolute Gasteiger partial charge is 0.142 e. The molecular weight excluding hydrogens is 248 g/mol. The molecule has 1 N–H and O–H groups in total. The summed E-state index contributed by atoms with van der Waals surface area (Å²) in [5.41, 5.74) is 0.816. The molecule has 0 bridgehead atoms. The second-order valence-electron chi connectivity index (χ2n) is 4.37. The topological polar surface area (TPSA) is 12.0 Å². The van der Waals surface area contributed by atoms with Crippen LogP contribution in [0.15, 0.2) is 12.1 Å². The fourth-order valence-electron chi connectivity index (χ4n) is 1.66. The van der Waals surface area contributed by atoms with E-state index in [0.717, 1.165) is 12.1 Å². The first-order valence-electron chi connectivity index (χ1n) is 5.45. The van der Waals surface area contributed by atoms with E-state index in [1.54, 1.807) is 0 Å². The fraction of sp³-hybridized carbons (Fsp3) is 0.500. The molecule has 0 aliphatic heterocycles. The van der Waals surface area contributed by atoms with Crippen molar-refractivity contribution in [3.63, 3.8) is 0 Å². The van der Waals surface area contributed by atoms with Crippen LogP contribution >= 0.6 is 23.2 Å². The Kier molecular flexibility index (Phi) is 3.73. The van der Waals surface area contributed by atoms with Crippen molar-refractivity contribution in [3.05, 3.63) is 33.6 Å². The van der Waals surface area contributed by atoms with Gasteiger partial charge >= 0.3 is 0 Å². The number of nitrogens with one attached hydrogen (secondary N) is 1. The maximum atomic E-state index is 13.3. The zero-order valence-corrected chi connectivity index (χ0v) is 10.6. The van der Waals surface area contributed by atoms with Gasteiger partial charge in [0.25, 0.3) is 0 Å². The van der Waals surface area contributed by atoms with Crippen molar-refractivity contribution in [1.29, 1.82) is 0 Å². The van der Waals surface area contributed by atoms with E-state index in [-0.39, 0.29) is 10.9 Å². The molecule has 1 aromatic carbocycles. The Bertz CT molecular complexity index is 391. The van der Waals surface area contributed by atoms with E-state index in [1.807, 2.05) is 6.92 Å². The van der Waals surface area contributed by atoms with Gasteiger partial charge in [0.05, 0.1) is 5.02 Å². The predicted octanol–water partition coefficient (Wildman–Crippen LogP) is 3.99. The minimum Gasteiger partial charge on any atom is -0.313 e. The number of hydrogen-bond acceptors (Lipinski definition) is 1. The fourth-order valence-corrected chi connectivity index (χ4v) is 2.23. The lowest BCUT2D eigenvalue weighted by Gasteiger charge is -2.15. The summed E-state index contributed by atoms with van der Waals surface area (Å²) in [4.78, 5) is 0. The van der Waals surface area contributed by atoms with E-state index in [4.69, 9.17) is 23.2 Å². The first-order valence-corrected chi connectivity index (χ1v) is 6.21. The summed E-state index contributed by atoms with van der Waals surface area (Å²) in [5, 5.41) is 4.02. The number of benzene rings is 1. The van der Waals surface area contributed by atoms with Crippen LogP contribution in [0, 0.1) is 5.82 Å². The highest BCUT2D eigenvalue weighted by Crippen LogP contribution is 2.30. The molecule has 0 radical (unpaired) electrons. The minimum absolute atomic E-state index is 0.0797. The van der Waals surface area contributed by atoms with Crippen molar-refractivity contribution in [1.82, 2.24) is 5.32 Å². The molecule has 0 heterocycles. The Morgan fingerprint density at radius 2 is 2.06 bits per heavy atom. The zero-order valence-electron chi connectivity index (χ0n) is 9.06. The average molecular weight is 262 g/mol. The summed E-state index contributed by atoms with van der Waals surface area (Å²) < 4.78 is 13.3. The third kappa shape index (κ3) is 2.88. The number of halogens is 3. The van der Waals surface area contributed by atoms with Crippen molar-refractivity contribution < 1.29 is 4.39 Å². The highest BCUT2D eigenvalue weighted by atomic mass is 35.5. The SMILES string of the molecule is CC(CNC1CC1)c1cc(F)c(Cl)cc1Cl. The molecule has 1 aliphatic rings. The molecule has 1 atom stereocenters. The average Bonchev–Trinajstić information content (AvgIpc) is 3.03. The van der Waals surface area contributed by atoms with E-state index in [1.165, 1.54) is 25.0 Å². The lowest BCUT2D eigenvalue weighted by atomic mass is 10.0. The molecule has 88 valence electrons. The van der Waals surface area contributed by atoms with E-state index in [9.17, 15) is 4.39 Å². The van der Waals surface area contributed by atoms with Crippen LogP contribution in [0.1, 0.15) is 31.2 Å². The zero-order chi connectivity index (χ0) is 11.7. The third-order valence-corrected chi connectivity index (χ3v) is 3.48. The van der Waals surface area contributed by atoms with Gasteiger partial charge in [0.2, 0.25) is 0 Å². The van der Waals surface area contributed by atoms with Crippen LogP contribution in [-0.4, -0.2) is 12.6 Å². The maximum absolute atomic E-state index is 13.3. The van der Waals surface area contributed by atoms with Crippen molar-refractivity contribution in [2.75, 3.05) is 6.54 Å². The summed E-state index contributed by atoms with van der Waals surface area (Å²) in [6.45, 7) is 2.86. The van der Waals surface area contributed by atoms with Crippen LogP contribution in [0.4, 0.5) is 4.39 Å². The molecule has 0 amide bonds. The van der Waals surface area contributed by atoms with E-state index >= 15 is 0 Å². The quantitative estimate of drug-likeness (QED) is 0.809. The largest absolute Gasteiger partial charge is 0.313 e.